The van der Waals surface area contributed by atoms with Crippen LogP contribution in [-0.4, -0.2) is 22.6 Å². The van der Waals surface area contributed by atoms with E-state index in [2.05, 4.69) is 26.6 Å². The smallest absolute Gasteiger partial charge is 0.337 e. The zero-order valence-corrected chi connectivity index (χ0v) is 12.8. The zero-order chi connectivity index (χ0) is 14.8. The molecule has 0 unspecified atom stereocenters. The van der Waals surface area contributed by atoms with Crippen LogP contribution in [0.3, 0.4) is 0 Å². The summed E-state index contributed by atoms with van der Waals surface area (Å²) in [5, 5.41) is 14.7. The van der Waals surface area contributed by atoms with Crippen LogP contribution in [0.5, 0.6) is 0 Å². The largest absolute Gasteiger partial charge is 0.478 e. The van der Waals surface area contributed by atoms with Crippen LogP contribution in [-0.2, 0) is 0 Å². The number of carboxylic acid groups (broad SMARTS) is 1. The van der Waals surface area contributed by atoms with Gasteiger partial charge in [-0.25, -0.2) is 9.59 Å². The van der Waals surface area contributed by atoms with Crippen LogP contribution in [0.1, 0.15) is 43.0 Å². The molecule has 108 valence electrons. The first-order valence-electron chi connectivity index (χ1n) is 6.52. The Balaban J connectivity index is 2.11. The molecule has 1 aromatic carbocycles. The first kappa shape index (κ1) is 14.8. The van der Waals surface area contributed by atoms with E-state index in [4.69, 9.17) is 5.11 Å². The minimum atomic E-state index is -1.07. The molecule has 0 saturated heterocycles. The Kier molecular flexibility index (Phi) is 4.32. The van der Waals surface area contributed by atoms with Crippen LogP contribution in [0, 0.1) is 0 Å². The Morgan fingerprint density at radius 3 is 2.55 bits per heavy atom. The van der Waals surface area contributed by atoms with Crippen molar-refractivity contribution in [3.8, 4) is 0 Å². The van der Waals surface area contributed by atoms with E-state index in [0.717, 1.165) is 25.7 Å². The van der Waals surface area contributed by atoms with Crippen LogP contribution in [0.25, 0.3) is 0 Å². The van der Waals surface area contributed by atoms with Crippen LogP contribution in [0.2, 0.25) is 0 Å². The highest BCUT2D eigenvalue weighted by Crippen LogP contribution is 2.29. The van der Waals surface area contributed by atoms with E-state index in [0.29, 0.717) is 4.47 Å². The van der Waals surface area contributed by atoms with Crippen molar-refractivity contribution in [2.75, 3.05) is 5.32 Å². The summed E-state index contributed by atoms with van der Waals surface area (Å²) in [6.07, 6.45) is 4.11. The lowest BCUT2D eigenvalue weighted by molar-refractivity contribution is 0.0698. The Morgan fingerprint density at radius 1 is 1.30 bits per heavy atom. The number of rotatable bonds is 3. The highest BCUT2D eigenvalue weighted by atomic mass is 79.9. The Bertz CT molecular complexity index is 539. The van der Waals surface area contributed by atoms with Crippen molar-refractivity contribution in [1.29, 1.82) is 0 Å². The first-order valence-corrected chi connectivity index (χ1v) is 7.31. The molecule has 0 bridgehead atoms. The maximum atomic E-state index is 12.0. The van der Waals surface area contributed by atoms with Gasteiger partial charge in [-0.15, -0.1) is 0 Å². The Morgan fingerprint density at radius 2 is 1.95 bits per heavy atom. The molecule has 0 atom stereocenters. The summed E-state index contributed by atoms with van der Waals surface area (Å²) in [5.41, 5.74) is 0.158. The fraction of sp³-hybridized carbons (Fsp3) is 0.429. The molecule has 0 aliphatic heterocycles. The van der Waals surface area contributed by atoms with Gasteiger partial charge in [-0.2, -0.15) is 0 Å². The van der Waals surface area contributed by atoms with Gasteiger partial charge in [0.1, 0.15) is 0 Å². The van der Waals surface area contributed by atoms with Gasteiger partial charge in [0.2, 0.25) is 0 Å². The Hall–Kier alpha value is -1.56. The number of hydrogen-bond donors (Lipinski definition) is 3. The number of aromatic carboxylic acids is 1. The molecular weight excluding hydrogens is 324 g/mol. The minimum absolute atomic E-state index is 0.0694. The van der Waals surface area contributed by atoms with Crippen molar-refractivity contribution in [2.45, 2.75) is 38.1 Å². The third-order valence-corrected chi connectivity index (χ3v) is 4.08. The maximum absolute atomic E-state index is 12.0. The van der Waals surface area contributed by atoms with E-state index in [1.54, 1.807) is 12.1 Å². The maximum Gasteiger partial charge on any atom is 0.337 e. The molecule has 0 aromatic heterocycles. The van der Waals surface area contributed by atoms with Crippen LogP contribution in [0.15, 0.2) is 22.7 Å². The molecule has 1 fully saturated rings. The van der Waals surface area contributed by atoms with E-state index in [1.807, 2.05) is 6.92 Å². The zero-order valence-electron chi connectivity index (χ0n) is 11.2. The van der Waals surface area contributed by atoms with Gasteiger partial charge >= 0.3 is 12.0 Å². The molecule has 0 heterocycles. The summed E-state index contributed by atoms with van der Waals surface area (Å²) in [7, 11) is 0. The molecular formula is C14H17BrN2O3. The molecule has 1 aliphatic carbocycles. The highest BCUT2D eigenvalue weighted by molar-refractivity contribution is 9.10. The average Bonchev–Trinajstić information content (AvgIpc) is 2.74. The third-order valence-electron chi connectivity index (χ3n) is 3.58. The second-order valence-corrected chi connectivity index (χ2v) is 6.26. The quantitative estimate of drug-likeness (QED) is 0.786. The van der Waals surface area contributed by atoms with E-state index < -0.39 is 5.97 Å². The molecule has 20 heavy (non-hydrogen) atoms. The molecule has 1 aromatic rings. The fourth-order valence-electron chi connectivity index (χ4n) is 2.51. The van der Waals surface area contributed by atoms with Crippen molar-refractivity contribution in [2.24, 2.45) is 0 Å². The lowest BCUT2D eigenvalue weighted by atomic mass is 10.0. The lowest BCUT2D eigenvalue weighted by Crippen LogP contribution is -2.45. The second-order valence-electron chi connectivity index (χ2n) is 5.34. The molecule has 2 amide bonds. The van der Waals surface area contributed by atoms with Crippen molar-refractivity contribution in [3.05, 3.63) is 28.2 Å². The van der Waals surface area contributed by atoms with Crippen molar-refractivity contribution < 1.29 is 14.7 Å². The van der Waals surface area contributed by atoms with Crippen molar-refractivity contribution >= 4 is 33.6 Å². The predicted molar refractivity (Wildman–Crippen MR) is 80.1 cm³/mol. The van der Waals surface area contributed by atoms with E-state index in [1.165, 1.54) is 6.07 Å². The number of carboxylic acids is 1. The molecule has 0 spiro atoms. The molecule has 5 nitrogen and oxygen atoms in total. The minimum Gasteiger partial charge on any atom is -0.478 e. The summed E-state index contributed by atoms with van der Waals surface area (Å²) >= 11 is 3.27. The topological polar surface area (TPSA) is 78.4 Å². The van der Waals surface area contributed by atoms with E-state index >= 15 is 0 Å². The molecule has 2 rings (SSSR count). The number of benzene rings is 1. The normalized spacial score (nSPS) is 16.7. The summed E-state index contributed by atoms with van der Waals surface area (Å²) in [5.74, 6) is -1.07. The fourth-order valence-corrected chi connectivity index (χ4v) is 2.88. The summed E-state index contributed by atoms with van der Waals surface area (Å²) in [4.78, 5) is 23.2. The molecule has 6 heteroatoms. The monoisotopic (exact) mass is 340 g/mol. The summed E-state index contributed by atoms with van der Waals surface area (Å²) in [6, 6.07) is 4.31. The van der Waals surface area contributed by atoms with Crippen LogP contribution >= 0.6 is 15.9 Å². The number of urea groups is 1. The van der Waals surface area contributed by atoms with E-state index in [9.17, 15) is 9.59 Å². The molecule has 0 radical (unpaired) electrons. The van der Waals surface area contributed by atoms with E-state index in [-0.39, 0.29) is 22.8 Å². The first-order chi connectivity index (χ1) is 9.39. The van der Waals surface area contributed by atoms with Gasteiger partial charge in [-0.05, 0) is 38.0 Å². The standard InChI is InChI=1S/C14H17BrN2O3/c1-14(6-2-3-7-14)17-13(20)16-11-8-9(15)4-5-10(11)12(18)19/h4-5,8H,2-3,6-7H2,1H3,(H,18,19)(H2,16,17,20). The number of halogens is 1. The van der Waals surface area contributed by atoms with Gasteiger partial charge in [-0.3, -0.25) is 0 Å². The predicted octanol–water partition coefficient (Wildman–Crippen LogP) is 3.60. The number of hydrogen-bond acceptors (Lipinski definition) is 2. The van der Waals surface area contributed by atoms with Gasteiger partial charge in [-0.1, -0.05) is 28.8 Å². The van der Waals surface area contributed by atoms with Gasteiger partial charge in [0, 0.05) is 10.0 Å². The average molecular weight is 341 g/mol. The number of anilines is 1. The number of carbonyl (C=O) groups is 2. The highest BCUT2D eigenvalue weighted by Gasteiger charge is 2.30. The second kappa shape index (κ2) is 5.83. The third kappa shape index (κ3) is 3.50. The number of amides is 2. The van der Waals surface area contributed by atoms with Gasteiger partial charge in [0.25, 0.3) is 0 Å². The SMILES string of the molecule is CC1(NC(=O)Nc2cc(Br)ccc2C(=O)O)CCCC1. The van der Waals surface area contributed by atoms with Gasteiger partial charge < -0.3 is 15.7 Å². The number of carbonyl (C=O) groups excluding carboxylic acids is 1. The summed E-state index contributed by atoms with van der Waals surface area (Å²) < 4.78 is 0.713. The summed E-state index contributed by atoms with van der Waals surface area (Å²) in [6.45, 7) is 2.01. The van der Waals surface area contributed by atoms with Gasteiger partial charge in [0.15, 0.2) is 0 Å². The van der Waals surface area contributed by atoms with Crippen LogP contribution < -0.4 is 10.6 Å². The van der Waals surface area contributed by atoms with Crippen molar-refractivity contribution in [3.63, 3.8) is 0 Å². The van der Waals surface area contributed by atoms with Gasteiger partial charge in [0.05, 0.1) is 11.3 Å². The van der Waals surface area contributed by atoms with Crippen LogP contribution in [0.4, 0.5) is 10.5 Å². The number of nitrogens with one attached hydrogen (secondary N) is 2. The molecule has 1 saturated carbocycles. The Labute approximate surface area is 125 Å². The molecule has 3 N–H and O–H groups in total. The van der Waals surface area contributed by atoms with Crippen molar-refractivity contribution in [1.82, 2.24) is 5.32 Å². The lowest BCUT2D eigenvalue weighted by Gasteiger charge is -2.25. The molecule has 1 aliphatic rings.